The van der Waals surface area contributed by atoms with Crippen LogP contribution in [0, 0.1) is 0 Å². The van der Waals surface area contributed by atoms with E-state index in [2.05, 4.69) is 0 Å². The van der Waals surface area contributed by atoms with Gasteiger partial charge in [-0.2, -0.15) is 0 Å². The fourth-order valence-corrected chi connectivity index (χ4v) is 1.79. The lowest BCUT2D eigenvalue weighted by Crippen LogP contribution is -2.28. The Morgan fingerprint density at radius 3 is 3.17 bits per heavy atom. The molecule has 3 nitrogen and oxygen atoms in total. The summed E-state index contributed by atoms with van der Waals surface area (Å²) < 4.78 is 10.4. The van der Waals surface area contributed by atoms with Crippen LogP contribution in [0.5, 0.6) is 0 Å². The molecule has 0 bridgehead atoms. The fourth-order valence-electron chi connectivity index (χ4n) is 1.73. The molecule has 0 aromatic rings. The molecule has 1 aliphatic heterocycles. The first-order valence-corrected chi connectivity index (χ1v) is 4.75. The number of epoxide rings is 1. The molecule has 2 fully saturated rings. The van der Waals surface area contributed by atoms with Crippen molar-refractivity contribution >= 4 is 17.6 Å². The minimum Gasteiger partial charge on any atom is -0.459 e. The SMILES string of the molecule is O=C(CCl)OC1CCCC2OC12. The third-order valence-corrected chi connectivity index (χ3v) is 2.58. The van der Waals surface area contributed by atoms with Crippen LogP contribution in [0.4, 0.5) is 0 Å². The molecule has 0 radical (unpaired) electrons. The zero-order chi connectivity index (χ0) is 8.55. The number of alkyl halides is 1. The molecule has 0 N–H and O–H groups in total. The molecule has 12 heavy (non-hydrogen) atoms. The Kier molecular flexibility index (Phi) is 2.24. The van der Waals surface area contributed by atoms with Crippen LogP contribution >= 0.6 is 11.6 Å². The van der Waals surface area contributed by atoms with Crippen molar-refractivity contribution in [2.45, 2.75) is 37.6 Å². The van der Waals surface area contributed by atoms with Gasteiger partial charge in [0.15, 0.2) is 0 Å². The number of hydrogen-bond donors (Lipinski definition) is 0. The van der Waals surface area contributed by atoms with Crippen LogP contribution in [0.3, 0.4) is 0 Å². The van der Waals surface area contributed by atoms with E-state index >= 15 is 0 Å². The van der Waals surface area contributed by atoms with Gasteiger partial charge in [0, 0.05) is 0 Å². The highest BCUT2D eigenvalue weighted by molar-refractivity contribution is 6.26. The lowest BCUT2D eigenvalue weighted by atomic mass is 9.98. The Morgan fingerprint density at radius 2 is 2.42 bits per heavy atom. The summed E-state index contributed by atoms with van der Waals surface area (Å²) in [7, 11) is 0. The lowest BCUT2D eigenvalue weighted by molar-refractivity contribution is -0.147. The number of carbonyl (C=O) groups excluding carboxylic acids is 1. The second-order valence-corrected chi connectivity index (χ2v) is 3.50. The number of halogens is 1. The smallest absolute Gasteiger partial charge is 0.321 e. The zero-order valence-electron chi connectivity index (χ0n) is 6.66. The first kappa shape index (κ1) is 8.32. The van der Waals surface area contributed by atoms with Crippen molar-refractivity contribution < 1.29 is 14.3 Å². The van der Waals surface area contributed by atoms with Crippen LogP contribution in [0.25, 0.3) is 0 Å². The van der Waals surface area contributed by atoms with E-state index in [0.717, 1.165) is 19.3 Å². The molecule has 2 aliphatic rings. The lowest BCUT2D eigenvalue weighted by Gasteiger charge is -2.17. The van der Waals surface area contributed by atoms with Gasteiger partial charge in [0.25, 0.3) is 0 Å². The minimum absolute atomic E-state index is 0.0324. The number of rotatable bonds is 2. The van der Waals surface area contributed by atoms with Crippen molar-refractivity contribution in [2.24, 2.45) is 0 Å². The van der Waals surface area contributed by atoms with Crippen molar-refractivity contribution in [1.29, 1.82) is 0 Å². The quantitative estimate of drug-likeness (QED) is 0.372. The third kappa shape index (κ3) is 1.57. The third-order valence-electron chi connectivity index (χ3n) is 2.36. The van der Waals surface area contributed by atoms with Crippen LogP contribution in [-0.2, 0) is 14.3 Å². The van der Waals surface area contributed by atoms with Crippen molar-refractivity contribution in [3.63, 3.8) is 0 Å². The Bertz CT molecular complexity index is 195. The van der Waals surface area contributed by atoms with E-state index in [9.17, 15) is 4.79 Å². The van der Waals surface area contributed by atoms with Gasteiger partial charge in [-0.05, 0) is 19.3 Å². The van der Waals surface area contributed by atoms with Gasteiger partial charge in [0.1, 0.15) is 18.1 Å². The summed E-state index contributed by atoms with van der Waals surface area (Å²) in [6.07, 6.45) is 3.61. The van der Waals surface area contributed by atoms with E-state index in [1.165, 1.54) is 0 Å². The summed E-state index contributed by atoms with van der Waals surface area (Å²) in [5.74, 6) is -0.397. The molecular formula is C8H11ClO3. The highest BCUT2D eigenvalue weighted by Gasteiger charge is 2.49. The second kappa shape index (κ2) is 3.23. The average molecular weight is 191 g/mol. The predicted molar refractivity (Wildman–Crippen MR) is 43.1 cm³/mol. The van der Waals surface area contributed by atoms with Crippen molar-refractivity contribution in [2.75, 3.05) is 5.88 Å². The maximum atomic E-state index is 10.8. The Labute approximate surface area is 76.0 Å². The van der Waals surface area contributed by atoms with E-state index in [-0.39, 0.29) is 24.1 Å². The molecule has 68 valence electrons. The number of ether oxygens (including phenoxy) is 2. The second-order valence-electron chi connectivity index (χ2n) is 3.23. The summed E-state index contributed by atoms with van der Waals surface area (Å²) in [5, 5.41) is 0. The van der Waals surface area contributed by atoms with Crippen molar-refractivity contribution in [1.82, 2.24) is 0 Å². The number of hydrogen-bond acceptors (Lipinski definition) is 3. The van der Waals surface area contributed by atoms with Gasteiger partial charge in [-0.25, -0.2) is 0 Å². The molecule has 0 aromatic heterocycles. The van der Waals surface area contributed by atoms with Crippen LogP contribution in [-0.4, -0.2) is 30.2 Å². The van der Waals surface area contributed by atoms with Gasteiger partial charge in [-0.3, -0.25) is 4.79 Å². The average Bonchev–Trinajstić information content (AvgIpc) is 2.84. The van der Waals surface area contributed by atoms with Gasteiger partial charge >= 0.3 is 5.97 Å². The normalized spacial score (nSPS) is 38.6. The van der Waals surface area contributed by atoms with Crippen molar-refractivity contribution in [3.05, 3.63) is 0 Å². The Balaban J connectivity index is 1.83. The monoisotopic (exact) mass is 190 g/mol. The zero-order valence-corrected chi connectivity index (χ0v) is 7.42. The largest absolute Gasteiger partial charge is 0.459 e. The van der Waals surface area contributed by atoms with Crippen LogP contribution in [0.2, 0.25) is 0 Å². The summed E-state index contributed by atoms with van der Waals surface area (Å²) in [5.41, 5.74) is 0. The summed E-state index contributed by atoms with van der Waals surface area (Å²) >= 11 is 5.32. The van der Waals surface area contributed by atoms with Gasteiger partial charge < -0.3 is 9.47 Å². The maximum absolute atomic E-state index is 10.8. The van der Waals surface area contributed by atoms with Gasteiger partial charge in [0.2, 0.25) is 0 Å². The molecule has 1 saturated heterocycles. The highest BCUT2D eigenvalue weighted by atomic mass is 35.5. The summed E-state index contributed by atoms with van der Waals surface area (Å²) in [4.78, 5) is 10.8. The molecule has 0 spiro atoms. The number of fused-ring (bicyclic) bond motifs is 1. The molecule has 0 aromatic carbocycles. The predicted octanol–water partition coefficient (Wildman–Crippen LogP) is 1.09. The number of esters is 1. The Hall–Kier alpha value is -0.280. The van der Waals surface area contributed by atoms with Gasteiger partial charge in [-0.15, -0.1) is 11.6 Å². The van der Waals surface area contributed by atoms with Gasteiger partial charge in [-0.1, -0.05) is 0 Å². The fraction of sp³-hybridized carbons (Fsp3) is 0.875. The molecule has 2 rings (SSSR count). The van der Waals surface area contributed by atoms with E-state index in [1.807, 2.05) is 0 Å². The first-order chi connectivity index (χ1) is 5.81. The molecule has 0 amide bonds. The standard InChI is InChI=1S/C8H11ClO3/c9-4-7(10)11-5-2-1-3-6-8(5)12-6/h5-6,8H,1-4H2. The summed E-state index contributed by atoms with van der Waals surface area (Å²) in [6, 6.07) is 0. The highest BCUT2D eigenvalue weighted by Crippen LogP contribution is 2.38. The van der Waals surface area contributed by atoms with E-state index in [4.69, 9.17) is 21.1 Å². The Morgan fingerprint density at radius 1 is 1.58 bits per heavy atom. The molecule has 3 unspecified atom stereocenters. The van der Waals surface area contributed by atoms with Gasteiger partial charge in [0.05, 0.1) is 6.10 Å². The van der Waals surface area contributed by atoms with Crippen molar-refractivity contribution in [3.8, 4) is 0 Å². The topological polar surface area (TPSA) is 38.8 Å². The van der Waals surface area contributed by atoms with Crippen LogP contribution < -0.4 is 0 Å². The van der Waals surface area contributed by atoms with E-state index in [0.29, 0.717) is 6.10 Å². The minimum atomic E-state index is -0.335. The molecule has 1 heterocycles. The molecular weight excluding hydrogens is 180 g/mol. The first-order valence-electron chi connectivity index (χ1n) is 4.22. The van der Waals surface area contributed by atoms with E-state index in [1.54, 1.807) is 0 Å². The maximum Gasteiger partial charge on any atom is 0.321 e. The molecule has 3 atom stereocenters. The van der Waals surface area contributed by atoms with Crippen LogP contribution in [0.15, 0.2) is 0 Å². The molecule has 1 saturated carbocycles. The van der Waals surface area contributed by atoms with E-state index < -0.39 is 0 Å². The molecule has 1 aliphatic carbocycles. The molecule has 4 heteroatoms. The number of carbonyl (C=O) groups is 1. The van der Waals surface area contributed by atoms with Crippen LogP contribution in [0.1, 0.15) is 19.3 Å². The summed E-state index contributed by atoms with van der Waals surface area (Å²) in [6.45, 7) is 0.